The summed E-state index contributed by atoms with van der Waals surface area (Å²) < 4.78 is 6.69. The molecule has 0 spiro atoms. The standard InChI is InChI=1S/C10H14IN3O/c1-7-5-15-8(2)4-14(7)10-9(11)3-12-6-13-10/h3,6-8H,4-5H2,1-2H3. The van der Waals surface area contributed by atoms with Crippen LogP contribution in [0.5, 0.6) is 0 Å². The van der Waals surface area contributed by atoms with Crippen LogP contribution in [0.15, 0.2) is 12.5 Å². The van der Waals surface area contributed by atoms with Crippen molar-refractivity contribution >= 4 is 28.4 Å². The summed E-state index contributed by atoms with van der Waals surface area (Å²) in [4.78, 5) is 10.6. The number of aromatic nitrogens is 2. The second-order valence-electron chi connectivity index (χ2n) is 3.84. The summed E-state index contributed by atoms with van der Waals surface area (Å²) >= 11 is 2.27. The van der Waals surface area contributed by atoms with E-state index in [1.165, 1.54) is 0 Å². The van der Waals surface area contributed by atoms with Crippen LogP contribution in [0, 0.1) is 3.57 Å². The minimum Gasteiger partial charge on any atom is -0.375 e. The van der Waals surface area contributed by atoms with Crippen LogP contribution in [0.25, 0.3) is 0 Å². The molecule has 0 aliphatic carbocycles. The van der Waals surface area contributed by atoms with Crippen molar-refractivity contribution in [1.82, 2.24) is 9.97 Å². The predicted molar refractivity (Wildman–Crippen MR) is 67.0 cm³/mol. The van der Waals surface area contributed by atoms with Crippen LogP contribution in [-0.4, -0.2) is 35.3 Å². The first-order valence-electron chi connectivity index (χ1n) is 5.02. The summed E-state index contributed by atoms with van der Waals surface area (Å²) in [6.07, 6.45) is 3.71. The Balaban J connectivity index is 2.25. The Morgan fingerprint density at radius 2 is 2.33 bits per heavy atom. The molecule has 0 saturated carbocycles. The van der Waals surface area contributed by atoms with Gasteiger partial charge in [-0.2, -0.15) is 0 Å². The number of rotatable bonds is 1. The molecule has 4 nitrogen and oxygen atoms in total. The third-order valence-electron chi connectivity index (χ3n) is 2.53. The van der Waals surface area contributed by atoms with Crippen molar-refractivity contribution < 1.29 is 4.74 Å². The molecule has 0 amide bonds. The van der Waals surface area contributed by atoms with Crippen molar-refractivity contribution in [3.8, 4) is 0 Å². The molecular formula is C10H14IN3O. The average molecular weight is 319 g/mol. The molecule has 1 aromatic rings. The van der Waals surface area contributed by atoms with Crippen LogP contribution in [0.2, 0.25) is 0 Å². The van der Waals surface area contributed by atoms with E-state index in [9.17, 15) is 0 Å². The maximum atomic E-state index is 5.59. The summed E-state index contributed by atoms with van der Waals surface area (Å²) in [5, 5.41) is 0. The van der Waals surface area contributed by atoms with Crippen LogP contribution in [0.3, 0.4) is 0 Å². The zero-order valence-corrected chi connectivity index (χ0v) is 11.0. The van der Waals surface area contributed by atoms with Gasteiger partial charge < -0.3 is 9.64 Å². The largest absolute Gasteiger partial charge is 0.375 e. The average Bonchev–Trinajstić information content (AvgIpc) is 2.23. The van der Waals surface area contributed by atoms with E-state index in [0.29, 0.717) is 6.04 Å². The number of nitrogens with zero attached hydrogens (tertiary/aromatic N) is 3. The normalized spacial score (nSPS) is 26.7. The molecule has 0 N–H and O–H groups in total. The van der Waals surface area contributed by atoms with Gasteiger partial charge in [0.25, 0.3) is 0 Å². The van der Waals surface area contributed by atoms with Crippen molar-refractivity contribution in [2.24, 2.45) is 0 Å². The summed E-state index contributed by atoms with van der Waals surface area (Å²) in [5.41, 5.74) is 0. The fourth-order valence-electron chi connectivity index (χ4n) is 1.72. The molecule has 2 unspecified atom stereocenters. The second-order valence-corrected chi connectivity index (χ2v) is 5.00. The Morgan fingerprint density at radius 3 is 3.07 bits per heavy atom. The van der Waals surface area contributed by atoms with Gasteiger partial charge in [-0.25, -0.2) is 9.97 Å². The first-order chi connectivity index (χ1) is 7.18. The molecule has 0 bridgehead atoms. The molecule has 1 aliphatic rings. The third-order valence-corrected chi connectivity index (χ3v) is 3.29. The van der Waals surface area contributed by atoms with Crippen molar-refractivity contribution in [2.45, 2.75) is 26.0 Å². The van der Waals surface area contributed by atoms with E-state index in [-0.39, 0.29) is 6.10 Å². The van der Waals surface area contributed by atoms with Crippen molar-refractivity contribution in [3.05, 3.63) is 16.1 Å². The maximum Gasteiger partial charge on any atom is 0.145 e. The van der Waals surface area contributed by atoms with E-state index in [0.717, 1.165) is 22.5 Å². The lowest BCUT2D eigenvalue weighted by Gasteiger charge is -2.37. The molecule has 15 heavy (non-hydrogen) atoms. The van der Waals surface area contributed by atoms with E-state index < -0.39 is 0 Å². The maximum absolute atomic E-state index is 5.59. The summed E-state index contributed by atoms with van der Waals surface area (Å²) in [7, 11) is 0. The van der Waals surface area contributed by atoms with Gasteiger partial charge in [-0.3, -0.25) is 0 Å². The highest BCUT2D eigenvalue weighted by atomic mass is 127. The Morgan fingerprint density at radius 1 is 1.53 bits per heavy atom. The molecule has 1 fully saturated rings. The molecule has 0 radical (unpaired) electrons. The molecule has 1 saturated heterocycles. The van der Waals surface area contributed by atoms with Crippen LogP contribution in [-0.2, 0) is 4.74 Å². The molecule has 5 heteroatoms. The third kappa shape index (κ3) is 2.39. The number of ether oxygens (including phenoxy) is 1. The molecule has 1 aliphatic heterocycles. The fourth-order valence-corrected chi connectivity index (χ4v) is 2.33. The van der Waals surface area contributed by atoms with E-state index in [1.54, 1.807) is 6.33 Å². The van der Waals surface area contributed by atoms with Gasteiger partial charge in [-0.15, -0.1) is 0 Å². The van der Waals surface area contributed by atoms with Gasteiger partial charge in [0.05, 0.1) is 22.3 Å². The first kappa shape index (κ1) is 11.1. The zero-order valence-electron chi connectivity index (χ0n) is 8.85. The molecule has 2 rings (SSSR count). The molecular weight excluding hydrogens is 305 g/mol. The van der Waals surface area contributed by atoms with E-state index in [2.05, 4.69) is 51.3 Å². The summed E-state index contributed by atoms with van der Waals surface area (Å²) in [6.45, 7) is 5.91. The van der Waals surface area contributed by atoms with Gasteiger partial charge in [0, 0.05) is 12.7 Å². The Bertz CT molecular complexity index is 347. The van der Waals surface area contributed by atoms with E-state index in [1.807, 2.05) is 6.20 Å². The topological polar surface area (TPSA) is 38.2 Å². The first-order valence-corrected chi connectivity index (χ1v) is 6.10. The SMILES string of the molecule is CC1CN(c2ncncc2I)C(C)CO1. The highest BCUT2D eigenvalue weighted by Gasteiger charge is 2.25. The van der Waals surface area contributed by atoms with Gasteiger partial charge >= 0.3 is 0 Å². The minimum absolute atomic E-state index is 0.270. The van der Waals surface area contributed by atoms with Gasteiger partial charge in [0.1, 0.15) is 12.1 Å². The smallest absolute Gasteiger partial charge is 0.145 e. The lowest BCUT2D eigenvalue weighted by atomic mass is 10.2. The Hall–Kier alpha value is -0.430. The lowest BCUT2D eigenvalue weighted by molar-refractivity contribution is 0.0339. The van der Waals surface area contributed by atoms with Crippen LogP contribution >= 0.6 is 22.6 Å². The summed E-state index contributed by atoms with van der Waals surface area (Å²) in [6, 6.07) is 0.379. The van der Waals surface area contributed by atoms with Crippen LogP contribution in [0.1, 0.15) is 13.8 Å². The van der Waals surface area contributed by atoms with Crippen LogP contribution in [0.4, 0.5) is 5.82 Å². The van der Waals surface area contributed by atoms with Gasteiger partial charge in [0.2, 0.25) is 0 Å². The molecule has 82 valence electrons. The second kappa shape index (κ2) is 4.61. The number of halogens is 1. The van der Waals surface area contributed by atoms with E-state index >= 15 is 0 Å². The quantitative estimate of drug-likeness (QED) is 0.739. The molecule has 0 aromatic carbocycles. The fraction of sp³-hybridized carbons (Fsp3) is 0.600. The summed E-state index contributed by atoms with van der Waals surface area (Å²) in [5.74, 6) is 1.02. The number of morpholine rings is 1. The molecule has 2 heterocycles. The number of hydrogen-bond acceptors (Lipinski definition) is 4. The number of anilines is 1. The monoisotopic (exact) mass is 319 g/mol. The predicted octanol–water partition coefficient (Wildman–Crippen LogP) is 1.69. The Kier molecular flexibility index (Phi) is 3.40. The molecule has 2 atom stereocenters. The van der Waals surface area contributed by atoms with Crippen molar-refractivity contribution in [2.75, 3.05) is 18.1 Å². The van der Waals surface area contributed by atoms with Crippen molar-refractivity contribution in [3.63, 3.8) is 0 Å². The van der Waals surface area contributed by atoms with Gasteiger partial charge in [0.15, 0.2) is 0 Å². The zero-order chi connectivity index (χ0) is 10.8. The highest BCUT2D eigenvalue weighted by molar-refractivity contribution is 14.1. The Labute approximate surface area is 103 Å². The lowest BCUT2D eigenvalue weighted by Crippen LogP contribution is -2.48. The highest BCUT2D eigenvalue weighted by Crippen LogP contribution is 2.23. The van der Waals surface area contributed by atoms with E-state index in [4.69, 9.17) is 4.74 Å². The molecule has 1 aromatic heterocycles. The minimum atomic E-state index is 0.270. The van der Waals surface area contributed by atoms with Crippen molar-refractivity contribution in [1.29, 1.82) is 0 Å². The van der Waals surface area contributed by atoms with Gasteiger partial charge in [-0.05, 0) is 36.4 Å². The number of hydrogen-bond donors (Lipinski definition) is 0. The van der Waals surface area contributed by atoms with Gasteiger partial charge in [-0.1, -0.05) is 0 Å². The van der Waals surface area contributed by atoms with Crippen LogP contribution < -0.4 is 4.90 Å².